The summed E-state index contributed by atoms with van der Waals surface area (Å²) in [4.78, 5) is 15.6. The molecule has 1 aliphatic carbocycles. The van der Waals surface area contributed by atoms with E-state index in [0.29, 0.717) is 13.2 Å². The SMILES string of the molecule is CO[C@H]1[C@H](NC(=O)Cc2ccccc2)c2ccccc2C12CCN(Cc1ccc3c(c1)OCO3)CC2. The van der Waals surface area contributed by atoms with E-state index in [-0.39, 0.29) is 23.5 Å². The molecule has 6 nitrogen and oxygen atoms in total. The third-order valence-corrected chi connectivity index (χ3v) is 8.05. The van der Waals surface area contributed by atoms with E-state index in [0.717, 1.165) is 49.5 Å². The molecular formula is C30H32N2O4. The highest BCUT2D eigenvalue weighted by Gasteiger charge is 2.53. The van der Waals surface area contributed by atoms with Crippen molar-refractivity contribution in [2.75, 3.05) is 27.0 Å². The van der Waals surface area contributed by atoms with E-state index in [1.807, 2.05) is 36.4 Å². The molecule has 186 valence electrons. The number of ether oxygens (including phenoxy) is 3. The Balaban J connectivity index is 1.19. The van der Waals surface area contributed by atoms with Crippen molar-refractivity contribution >= 4 is 5.91 Å². The number of carbonyl (C=O) groups is 1. The van der Waals surface area contributed by atoms with Crippen LogP contribution in [0.25, 0.3) is 0 Å². The van der Waals surface area contributed by atoms with Gasteiger partial charge in [0, 0.05) is 19.1 Å². The monoisotopic (exact) mass is 484 g/mol. The molecule has 1 amide bonds. The minimum atomic E-state index is -0.150. The largest absolute Gasteiger partial charge is 0.454 e. The molecule has 3 aliphatic rings. The average molecular weight is 485 g/mol. The van der Waals surface area contributed by atoms with Gasteiger partial charge in [-0.3, -0.25) is 9.69 Å². The van der Waals surface area contributed by atoms with Crippen LogP contribution in [0.15, 0.2) is 72.8 Å². The number of methoxy groups -OCH3 is 1. The molecule has 0 saturated carbocycles. The van der Waals surface area contributed by atoms with Crippen LogP contribution in [0, 0.1) is 0 Å². The third kappa shape index (κ3) is 4.14. The fraction of sp³-hybridized carbons (Fsp3) is 0.367. The smallest absolute Gasteiger partial charge is 0.231 e. The van der Waals surface area contributed by atoms with E-state index in [1.54, 1.807) is 7.11 Å². The van der Waals surface area contributed by atoms with Gasteiger partial charge in [-0.05, 0) is 60.3 Å². The molecule has 0 unspecified atom stereocenters. The lowest BCUT2D eigenvalue weighted by atomic mass is 9.72. The lowest BCUT2D eigenvalue weighted by molar-refractivity contribution is -0.122. The summed E-state index contributed by atoms with van der Waals surface area (Å²) < 4.78 is 17.2. The van der Waals surface area contributed by atoms with Gasteiger partial charge in [0.1, 0.15) is 0 Å². The zero-order valence-corrected chi connectivity index (χ0v) is 20.6. The Hall–Kier alpha value is -3.35. The number of likely N-dealkylation sites (tertiary alicyclic amines) is 1. The molecule has 2 heterocycles. The summed E-state index contributed by atoms with van der Waals surface area (Å²) in [5, 5.41) is 3.33. The zero-order chi connectivity index (χ0) is 24.5. The van der Waals surface area contributed by atoms with Crippen LogP contribution in [0.3, 0.4) is 0 Å². The van der Waals surface area contributed by atoms with E-state index in [9.17, 15) is 4.79 Å². The maximum atomic E-state index is 13.1. The molecule has 3 aromatic rings. The maximum Gasteiger partial charge on any atom is 0.231 e. The Bertz CT molecular complexity index is 1240. The van der Waals surface area contributed by atoms with Crippen molar-refractivity contribution in [3.05, 3.63) is 95.1 Å². The molecule has 3 aromatic carbocycles. The lowest BCUT2D eigenvalue weighted by Gasteiger charge is -2.44. The van der Waals surface area contributed by atoms with E-state index in [2.05, 4.69) is 46.6 Å². The molecule has 36 heavy (non-hydrogen) atoms. The Kier molecular flexibility index (Phi) is 6.15. The van der Waals surface area contributed by atoms with Gasteiger partial charge in [-0.15, -0.1) is 0 Å². The predicted octanol–water partition coefficient (Wildman–Crippen LogP) is 4.38. The fourth-order valence-corrected chi connectivity index (χ4v) is 6.34. The first kappa shape index (κ1) is 23.1. The van der Waals surface area contributed by atoms with Crippen molar-refractivity contribution in [2.45, 2.75) is 43.4 Å². The van der Waals surface area contributed by atoms with Crippen molar-refractivity contribution in [1.82, 2.24) is 10.2 Å². The molecule has 0 bridgehead atoms. The van der Waals surface area contributed by atoms with Gasteiger partial charge in [0.25, 0.3) is 0 Å². The van der Waals surface area contributed by atoms with Crippen LogP contribution in [0.2, 0.25) is 0 Å². The van der Waals surface area contributed by atoms with Gasteiger partial charge in [-0.2, -0.15) is 0 Å². The highest BCUT2D eigenvalue weighted by atomic mass is 16.7. The summed E-state index contributed by atoms with van der Waals surface area (Å²) in [6.45, 7) is 3.11. The second-order valence-electron chi connectivity index (χ2n) is 10.1. The summed E-state index contributed by atoms with van der Waals surface area (Å²) >= 11 is 0. The molecule has 1 spiro atoms. The van der Waals surface area contributed by atoms with Gasteiger partial charge in [-0.1, -0.05) is 60.7 Å². The first-order valence-corrected chi connectivity index (χ1v) is 12.7. The van der Waals surface area contributed by atoms with E-state index in [4.69, 9.17) is 14.2 Å². The summed E-state index contributed by atoms with van der Waals surface area (Å²) in [7, 11) is 1.79. The number of hydrogen-bond acceptors (Lipinski definition) is 5. The lowest BCUT2D eigenvalue weighted by Crippen LogP contribution is -2.50. The fourth-order valence-electron chi connectivity index (χ4n) is 6.34. The highest BCUT2D eigenvalue weighted by Crippen LogP contribution is 2.52. The van der Waals surface area contributed by atoms with Gasteiger partial charge in [0.15, 0.2) is 11.5 Å². The normalized spacial score (nSPS) is 21.9. The van der Waals surface area contributed by atoms with Crippen molar-refractivity contribution in [3.63, 3.8) is 0 Å². The Morgan fingerprint density at radius 2 is 1.72 bits per heavy atom. The van der Waals surface area contributed by atoms with Gasteiger partial charge < -0.3 is 19.5 Å². The van der Waals surface area contributed by atoms with Gasteiger partial charge in [-0.25, -0.2) is 0 Å². The number of nitrogens with one attached hydrogen (secondary N) is 1. The topological polar surface area (TPSA) is 60.0 Å². The standard InChI is InChI=1S/C30H32N2O4/c1-34-29-28(31-27(33)18-21-7-3-2-4-8-21)23-9-5-6-10-24(23)30(29)13-15-32(16-14-30)19-22-11-12-25-26(17-22)36-20-35-25/h2-12,17,28-29H,13-16,18-20H2,1H3,(H,31,33)/t28-,29+/m1/s1. The van der Waals surface area contributed by atoms with Crippen molar-refractivity contribution in [3.8, 4) is 11.5 Å². The first-order valence-electron chi connectivity index (χ1n) is 12.7. The third-order valence-electron chi connectivity index (χ3n) is 8.05. The maximum absolute atomic E-state index is 13.1. The van der Waals surface area contributed by atoms with Crippen LogP contribution in [-0.2, 0) is 27.9 Å². The van der Waals surface area contributed by atoms with Crippen LogP contribution >= 0.6 is 0 Å². The van der Waals surface area contributed by atoms with Crippen molar-refractivity contribution in [2.24, 2.45) is 0 Å². The van der Waals surface area contributed by atoms with Gasteiger partial charge >= 0.3 is 0 Å². The molecule has 0 radical (unpaired) electrons. The van der Waals surface area contributed by atoms with Gasteiger partial charge in [0.05, 0.1) is 18.6 Å². The zero-order valence-electron chi connectivity index (χ0n) is 20.6. The highest BCUT2D eigenvalue weighted by molar-refractivity contribution is 5.79. The number of hydrogen-bond donors (Lipinski definition) is 1. The number of rotatable bonds is 6. The molecule has 1 fully saturated rings. The molecule has 6 heteroatoms. The number of fused-ring (bicyclic) bond motifs is 3. The molecule has 2 aliphatic heterocycles. The predicted molar refractivity (Wildman–Crippen MR) is 137 cm³/mol. The van der Waals surface area contributed by atoms with Gasteiger partial charge in [0.2, 0.25) is 12.7 Å². The van der Waals surface area contributed by atoms with Crippen LogP contribution < -0.4 is 14.8 Å². The van der Waals surface area contributed by atoms with Crippen LogP contribution in [-0.4, -0.2) is 43.9 Å². The number of nitrogens with zero attached hydrogens (tertiary/aromatic N) is 1. The first-order chi connectivity index (χ1) is 17.7. The van der Waals surface area contributed by atoms with E-state index < -0.39 is 0 Å². The number of carbonyl (C=O) groups excluding carboxylic acids is 1. The Labute approximate surface area is 212 Å². The summed E-state index contributed by atoms with van der Waals surface area (Å²) in [6.07, 6.45) is 2.24. The van der Waals surface area contributed by atoms with Crippen LogP contribution in [0.1, 0.15) is 41.1 Å². The van der Waals surface area contributed by atoms with E-state index in [1.165, 1.54) is 16.7 Å². The molecule has 1 N–H and O–H groups in total. The summed E-state index contributed by atoms with van der Waals surface area (Å²) in [5.41, 5.74) is 4.65. The summed E-state index contributed by atoms with van der Waals surface area (Å²) in [6, 6.07) is 24.5. The van der Waals surface area contributed by atoms with Crippen molar-refractivity contribution < 1.29 is 19.0 Å². The average Bonchev–Trinajstić information content (AvgIpc) is 3.47. The minimum absolute atomic E-state index is 0.0281. The molecular weight excluding hydrogens is 452 g/mol. The number of benzene rings is 3. The second kappa shape index (κ2) is 9.60. The quantitative estimate of drug-likeness (QED) is 0.563. The van der Waals surface area contributed by atoms with Crippen molar-refractivity contribution in [1.29, 1.82) is 0 Å². The molecule has 2 atom stereocenters. The number of amides is 1. The molecule has 6 rings (SSSR count). The molecule has 1 saturated heterocycles. The summed E-state index contributed by atoms with van der Waals surface area (Å²) in [5.74, 6) is 1.68. The van der Waals surface area contributed by atoms with E-state index >= 15 is 0 Å². The molecule has 0 aromatic heterocycles. The number of piperidine rings is 1. The Morgan fingerprint density at radius 3 is 2.53 bits per heavy atom. The Morgan fingerprint density at radius 1 is 0.972 bits per heavy atom. The van der Waals surface area contributed by atoms with Crippen LogP contribution in [0.4, 0.5) is 0 Å². The minimum Gasteiger partial charge on any atom is -0.454 e. The van der Waals surface area contributed by atoms with Crippen LogP contribution in [0.5, 0.6) is 11.5 Å². The second-order valence-corrected chi connectivity index (χ2v) is 10.1.